The Morgan fingerprint density at radius 3 is 1.40 bits per heavy atom. The van der Waals surface area contributed by atoms with Crippen molar-refractivity contribution in [1.29, 1.82) is 0 Å². The van der Waals surface area contributed by atoms with E-state index in [1.54, 1.807) is 0 Å². The molecule has 12 aromatic carbocycles. The van der Waals surface area contributed by atoms with E-state index in [0.717, 1.165) is 110 Å². The van der Waals surface area contributed by atoms with Gasteiger partial charge in [-0.25, -0.2) is 29.9 Å². The van der Waals surface area contributed by atoms with Gasteiger partial charge in [0.15, 0.2) is 34.9 Å². The summed E-state index contributed by atoms with van der Waals surface area (Å²) in [6, 6.07) is 94.3. The maximum atomic E-state index is 6.39. The lowest BCUT2D eigenvalue weighted by Crippen LogP contribution is -2.37. The largest absolute Gasteiger partial charge is 0.456 e. The number of hydrogen-bond acceptors (Lipinski definition) is 8. The highest BCUT2D eigenvalue weighted by molar-refractivity contribution is 7.25. The molecule has 18 aromatic rings. The quantitative estimate of drug-likeness (QED) is 0.134. The second kappa shape index (κ2) is 23.1. The number of aromatic nitrogens is 8. The number of hydrogen-bond donors (Lipinski definition) is 0. The molecule has 0 spiro atoms. The molecule has 0 aliphatic heterocycles. The van der Waals surface area contributed by atoms with Crippen LogP contribution in [0.2, 0.25) is 0 Å². The number of thiophene rings is 1. The number of furan rings is 1. The monoisotopic (exact) mass is 1360 g/mol. The Morgan fingerprint density at radius 2 is 0.769 bits per heavy atom. The summed E-state index contributed by atoms with van der Waals surface area (Å²) in [5.74, 6) is 3.67. The van der Waals surface area contributed by atoms with Crippen molar-refractivity contribution in [3.8, 4) is 79.7 Å². The molecule has 0 N–H and O–H groups in total. The van der Waals surface area contributed by atoms with E-state index in [-0.39, 0.29) is 21.7 Å². The zero-order valence-corrected chi connectivity index (χ0v) is 60.1. The first-order chi connectivity index (χ1) is 50.6. The molecule has 6 heterocycles. The van der Waals surface area contributed by atoms with E-state index in [1.807, 2.05) is 53.8 Å². The molecule has 9 nitrogen and oxygen atoms in total. The van der Waals surface area contributed by atoms with E-state index in [1.165, 1.54) is 80.6 Å². The smallest absolute Gasteiger partial charge is 0.164 e. The Hall–Kier alpha value is -11.7. The normalized spacial score (nSPS) is 16.2. The molecule has 502 valence electrons. The second-order valence-corrected chi connectivity index (χ2v) is 32.4. The van der Waals surface area contributed by atoms with Gasteiger partial charge in [-0.3, -0.25) is 0 Å². The van der Waals surface area contributed by atoms with Crippen molar-refractivity contribution in [2.45, 2.75) is 102 Å². The van der Waals surface area contributed by atoms with Crippen LogP contribution in [0, 0.1) is 0 Å². The first-order valence-corrected chi connectivity index (χ1v) is 37.3. The van der Waals surface area contributed by atoms with Gasteiger partial charge in [0, 0.05) is 97.2 Å². The van der Waals surface area contributed by atoms with E-state index >= 15 is 0 Å². The van der Waals surface area contributed by atoms with Crippen LogP contribution in [0.3, 0.4) is 0 Å². The Balaban J connectivity index is 0.703. The summed E-state index contributed by atoms with van der Waals surface area (Å²) < 4.78 is 13.8. The van der Waals surface area contributed by atoms with Gasteiger partial charge in [0.05, 0.1) is 22.1 Å². The van der Waals surface area contributed by atoms with Crippen molar-refractivity contribution in [2.75, 3.05) is 0 Å². The third-order valence-corrected chi connectivity index (χ3v) is 24.4. The van der Waals surface area contributed by atoms with Crippen LogP contribution < -0.4 is 0 Å². The molecular weight excluding hydrogens is 1290 g/mol. The highest BCUT2D eigenvalue weighted by atomic mass is 32.1. The fourth-order valence-electron chi connectivity index (χ4n) is 17.5. The Bertz CT molecular complexity index is 6600. The first kappa shape index (κ1) is 62.1. The summed E-state index contributed by atoms with van der Waals surface area (Å²) >= 11 is 1.82. The van der Waals surface area contributed by atoms with Crippen LogP contribution in [0.4, 0.5) is 0 Å². The lowest BCUT2D eigenvalue weighted by Gasteiger charge is -2.44. The zero-order valence-electron chi connectivity index (χ0n) is 59.3. The number of para-hydroxylation sites is 3. The van der Waals surface area contributed by atoms with Gasteiger partial charge < -0.3 is 13.6 Å². The van der Waals surface area contributed by atoms with Gasteiger partial charge in [0.1, 0.15) is 11.2 Å². The molecule has 6 aromatic heterocycles. The molecule has 104 heavy (non-hydrogen) atoms. The van der Waals surface area contributed by atoms with Crippen molar-refractivity contribution in [1.82, 2.24) is 39.0 Å². The molecule has 2 aliphatic carbocycles. The molecule has 0 bridgehead atoms. The predicted molar refractivity (Wildman–Crippen MR) is 430 cm³/mol. The fourth-order valence-corrected chi connectivity index (χ4v) is 18.6. The minimum absolute atomic E-state index is 0.0469. The molecule has 0 saturated heterocycles. The number of fused-ring (bicyclic) bond motifs is 14. The Kier molecular flexibility index (Phi) is 13.8. The molecule has 0 fully saturated rings. The molecule has 2 aliphatic rings. The van der Waals surface area contributed by atoms with Gasteiger partial charge in [-0.15, -0.1) is 11.3 Å². The van der Waals surface area contributed by atoms with E-state index in [9.17, 15) is 0 Å². The number of benzene rings is 12. The lowest BCUT2D eigenvalue weighted by atomic mass is 9.60. The zero-order chi connectivity index (χ0) is 70.0. The average Bonchev–Trinajstić information content (AvgIpc) is 1.49. The molecule has 10 heteroatoms. The SMILES string of the molecule is CC1(C)CCC(C)(C)c2cc3c(cc21)c1ccccc1n3-c1cccc(-c2nc(-c3cccc(CC4(C)CCC(C)(C)c5cc6c7ccccc7n(-c7cccc(-c8nc(-c9ccccc9)nc(-c9cccc%10oc%11ccccc%11c9%10)n8)c7)c6cc54)c3)nc(-c3ccc4sc5ccccc5c4c3)n2)c1. The molecule has 20 rings (SSSR count). The van der Waals surface area contributed by atoms with Gasteiger partial charge in [0.2, 0.25) is 0 Å². The van der Waals surface area contributed by atoms with Gasteiger partial charge in [0.25, 0.3) is 0 Å². The maximum Gasteiger partial charge on any atom is 0.164 e. The Labute approximate surface area is 607 Å². The van der Waals surface area contributed by atoms with Crippen LogP contribution in [0.5, 0.6) is 0 Å². The lowest BCUT2D eigenvalue weighted by molar-refractivity contribution is 0.311. The third kappa shape index (κ3) is 10.00. The predicted octanol–water partition coefficient (Wildman–Crippen LogP) is 24.4. The first-order valence-electron chi connectivity index (χ1n) is 36.4. The number of nitrogens with zero attached hydrogens (tertiary/aromatic N) is 8. The summed E-state index contributed by atoms with van der Waals surface area (Å²) in [4.78, 5) is 32.3. The van der Waals surface area contributed by atoms with Crippen LogP contribution >= 0.6 is 11.3 Å². The molecular formula is C94H74N8OS. The van der Waals surface area contributed by atoms with E-state index < -0.39 is 0 Å². The summed E-state index contributed by atoms with van der Waals surface area (Å²) in [5, 5.41) is 9.42. The molecule has 1 atom stereocenters. The minimum Gasteiger partial charge on any atom is -0.456 e. The topological polar surface area (TPSA) is 100 Å². The van der Waals surface area contributed by atoms with Crippen LogP contribution in [0.1, 0.15) is 102 Å². The van der Waals surface area contributed by atoms with E-state index in [0.29, 0.717) is 34.9 Å². The Morgan fingerprint density at radius 1 is 0.317 bits per heavy atom. The van der Waals surface area contributed by atoms with Gasteiger partial charge in [-0.2, -0.15) is 0 Å². The standard InChI is InChI=1S/C94H74N8OS/c1-91(2)43-44-92(3,4)74-53-78-69(51-72(74)91)64-31-11-15-36-76(64)101(78)62-29-20-27-59(48-62)87-96-86(97-89(98-87)61-41-42-83-71(50-61)66-33-14-18-40-82(66)104-83)58-26-19-23-56(47-58)55-94(7)46-45-93(5,6)73-52-70-65-32-12-16-37-77(65)102(79(70)54-75(73)94)63-30-21-28-60(49-63)88-95-85(57-24-9-8-10-25-57)99-90(100-88)68-35-22-39-81-84(68)67-34-13-17-38-80(67)103-81/h8-42,47-54H,43-46,55H2,1-7H3. The third-order valence-electron chi connectivity index (χ3n) is 23.2. The molecule has 1 unspecified atom stereocenters. The van der Waals surface area contributed by atoms with Crippen LogP contribution in [0.25, 0.3) is 165 Å². The number of rotatable bonds is 10. The van der Waals surface area contributed by atoms with Crippen LogP contribution in [0.15, 0.2) is 265 Å². The highest BCUT2D eigenvalue weighted by Crippen LogP contribution is 2.52. The van der Waals surface area contributed by atoms with Crippen molar-refractivity contribution in [2.24, 2.45) is 0 Å². The second-order valence-electron chi connectivity index (χ2n) is 31.3. The summed E-state index contributed by atoms with van der Waals surface area (Å²) in [6.07, 6.45) is 5.17. The maximum absolute atomic E-state index is 6.39. The minimum atomic E-state index is -0.244. The molecule has 0 radical (unpaired) electrons. The van der Waals surface area contributed by atoms with Crippen molar-refractivity contribution < 1.29 is 4.42 Å². The van der Waals surface area contributed by atoms with E-state index in [4.69, 9.17) is 34.3 Å². The van der Waals surface area contributed by atoms with Gasteiger partial charge >= 0.3 is 0 Å². The van der Waals surface area contributed by atoms with Gasteiger partial charge in [-0.1, -0.05) is 206 Å². The fraction of sp³-hybridized carbons (Fsp3) is 0.170. The van der Waals surface area contributed by atoms with Crippen molar-refractivity contribution in [3.05, 3.63) is 289 Å². The summed E-state index contributed by atoms with van der Waals surface area (Å²) in [7, 11) is 0. The highest BCUT2D eigenvalue weighted by Gasteiger charge is 2.42. The summed E-state index contributed by atoms with van der Waals surface area (Å²) in [5.41, 5.74) is 20.6. The van der Waals surface area contributed by atoms with Gasteiger partial charge in [-0.05, 0) is 185 Å². The van der Waals surface area contributed by atoms with Crippen molar-refractivity contribution >= 4 is 97.1 Å². The molecule has 0 amide bonds. The average molecular weight is 1360 g/mol. The van der Waals surface area contributed by atoms with Crippen LogP contribution in [-0.4, -0.2) is 39.0 Å². The van der Waals surface area contributed by atoms with Crippen LogP contribution in [-0.2, 0) is 28.1 Å². The van der Waals surface area contributed by atoms with E-state index in [2.05, 4.69) is 276 Å². The molecule has 0 saturated carbocycles. The summed E-state index contributed by atoms with van der Waals surface area (Å²) in [6.45, 7) is 17.0. The van der Waals surface area contributed by atoms with Crippen molar-refractivity contribution in [3.63, 3.8) is 0 Å².